The highest BCUT2D eigenvalue weighted by Gasteiger charge is 2.33. The summed E-state index contributed by atoms with van der Waals surface area (Å²) >= 11 is 1.61. The van der Waals surface area contributed by atoms with Gasteiger partial charge in [-0.3, -0.25) is 9.89 Å². The minimum atomic E-state index is -0.467. The van der Waals surface area contributed by atoms with Gasteiger partial charge in [-0.05, 0) is 46.4 Å². The van der Waals surface area contributed by atoms with Gasteiger partial charge in [-0.2, -0.15) is 0 Å². The molecule has 0 radical (unpaired) electrons. The molecule has 0 N–H and O–H groups in total. The summed E-state index contributed by atoms with van der Waals surface area (Å²) in [6, 6.07) is 0.264. The highest BCUT2D eigenvalue weighted by atomic mass is 32.2. The monoisotopic (exact) mass is 369 g/mol. The second kappa shape index (κ2) is 11.0. The molecule has 0 aromatic heterocycles. The van der Waals surface area contributed by atoms with Crippen molar-refractivity contribution in [2.45, 2.75) is 45.6 Å². The zero-order chi connectivity index (χ0) is 18.9. The normalized spacial score (nSPS) is 20.9. The van der Waals surface area contributed by atoms with Crippen molar-refractivity contribution in [3.63, 3.8) is 0 Å². The van der Waals surface area contributed by atoms with Gasteiger partial charge < -0.3 is 14.4 Å². The SMILES string of the molecule is C=CN(CC)/C(=C(/C)C(C)(OC)SC=NCC)C(C)N1CCOCC1. The third kappa shape index (κ3) is 5.84. The van der Waals surface area contributed by atoms with Crippen LogP contribution in [-0.2, 0) is 9.47 Å². The molecule has 0 spiro atoms. The maximum Gasteiger partial charge on any atom is 0.139 e. The van der Waals surface area contributed by atoms with Gasteiger partial charge in [-0.25, -0.2) is 0 Å². The highest BCUT2D eigenvalue weighted by molar-refractivity contribution is 8.13. The number of morpholine rings is 1. The fourth-order valence-corrected chi connectivity index (χ4v) is 3.84. The zero-order valence-corrected chi connectivity index (χ0v) is 17.6. The van der Waals surface area contributed by atoms with Crippen molar-refractivity contribution in [2.24, 2.45) is 4.99 Å². The predicted octanol–water partition coefficient (Wildman–Crippen LogP) is 3.59. The average molecular weight is 370 g/mol. The van der Waals surface area contributed by atoms with Crippen LogP contribution in [0.5, 0.6) is 0 Å². The van der Waals surface area contributed by atoms with Crippen molar-refractivity contribution in [1.82, 2.24) is 9.80 Å². The van der Waals surface area contributed by atoms with Crippen molar-refractivity contribution in [1.29, 1.82) is 0 Å². The van der Waals surface area contributed by atoms with Crippen LogP contribution in [0.4, 0.5) is 0 Å². The number of nitrogens with zero attached hydrogens (tertiary/aromatic N) is 3. The van der Waals surface area contributed by atoms with Crippen LogP contribution in [0.2, 0.25) is 0 Å². The van der Waals surface area contributed by atoms with Crippen LogP contribution >= 0.6 is 11.8 Å². The van der Waals surface area contributed by atoms with E-state index in [1.54, 1.807) is 18.9 Å². The molecule has 0 amide bonds. The molecule has 1 heterocycles. The molecule has 1 aliphatic heterocycles. The van der Waals surface area contributed by atoms with Crippen molar-refractivity contribution < 1.29 is 9.47 Å². The van der Waals surface area contributed by atoms with E-state index in [9.17, 15) is 0 Å². The van der Waals surface area contributed by atoms with Crippen LogP contribution in [0.25, 0.3) is 0 Å². The number of rotatable bonds is 10. The van der Waals surface area contributed by atoms with Crippen molar-refractivity contribution >= 4 is 17.3 Å². The Morgan fingerprint density at radius 1 is 1.44 bits per heavy atom. The quantitative estimate of drug-likeness (QED) is 0.334. The number of likely N-dealkylation sites (N-methyl/N-ethyl adjacent to an activating group) is 1. The van der Waals surface area contributed by atoms with Gasteiger partial charge in [0, 0.05) is 45.0 Å². The molecule has 1 rings (SSSR count). The third-order valence-electron chi connectivity index (χ3n) is 4.85. The van der Waals surface area contributed by atoms with Gasteiger partial charge in [0.1, 0.15) is 4.93 Å². The number of aliphatic imine (C=N–C) groups is 1. The van der Waals surface area contributed by atoms with E-state index in [0.717, 1.165) is 39.4 Å². The van der Waals surface area contributed by atoms with Gasteiger partial charge >= 0.3 is 0 Å². The Kier molecular flexibility index (Phi) is 9.79. The van der Waals surface area contributed by atoms with E-state index in [0.29, 0.717) is 0 Å². The summed E-state index contributed by atoms with van der Waals surface area (Å²) in [7, 11) is 1.76. The molecular formula is C19H35N3O2S. The Balaban J connectivity index is 3.27. The fraction of sp³-hybridized carbons (Fsp3) is 0.737. The summed E-state index contributed by atoms with van der Waals surface area (Å²) in [5.74, 6) is 0. The van der Waals surface area contributed by atoms with Crippen LogP contribution in [0, 0.1) is 0 Å². The molecule has 2 atom stereocenters. The van der Waals surface area contributed by atoms with E-state index in [-0.39, 0.29) is 6.04 Å². The summed E-state index contributed by atoms with van der Waals surface area (Å²) in [4.78, 5) is 8.57. The van der Waals surface area contributed by atoms with E-state index in [4.69, 9.17) is 9.47 Å². The Morgan fingerprint density at radius 2 is 2.08 bits per heavy atom. The molecule has 5 nitrogen and oxygen atoms in total. The first-order chi connectivity index (χ1) is 11.9. The first kappa shape index (κ1) is 22.2. The molecular weight excluding hydrogens is 334 g/mol. The Hall–Kier alpha value is -0.820. The standard InChI is InChI=1S/C19H35N3O2S/c1-8-20-15-25-19(6,23-7)16(4)18(21(9-2)10-3)17(5)22-11-13-24-14-12-22/h9,15,17H,2,8,10-14H2,1,3-7H3/b18-16-,20-15?. The molecule has 6 heteroatoms. The minimum Gasteiger partial charge on any atom is -0.379 e. The van der Waals surface area contributed by atoms with Crippen LogP contribution < -0.4 is 0 Å². The fourth-order valence-electron chi connectivity index (χ4n) is 3.04. The van der Waals surface area contributed by atoms with Crippen LogP contribution in [0.15, 0.2) is 29.0 Å². The molecule has 1 fully saturated rings. The largest absolute Gasteiger partial charge is 0.379 e. The average Bonchev–Trinajstić information content (AvgIpc) is 2.65. The minimum absolute atomic E-state index is 0.264. The molecule has 1 saturated heterocycles. The molecule has 25 heavy (non-hydrogen) atoms. The smallest absolute Gasteiger partial charge is 0.139 e. The lowest BCUT2D eigenvalue weighted by atomic mass is 10.0. The van der Waals surface area contributed by atoms with E-state index in [2.05, 4.69) is 49.1 Å². The Labute approximate surface area is 158 Å². The summed E-state index contributed by atoms with van der Waals surface area (Å²) in [5, 5.41) is 0. The van der Waals surface area contributed by atoms with Gasteiger partial charge in [-0.15, -0.1) is 0 Å². The number of methoxy groups -OCH3 is 1. The maximum absolute atomic E-state index is 5.91. The van der Waals surface area contributed by atoms with Gasteiger partial charge in [0.2, 0.25) is 0 Å². The topological polar surface area (TPSA) is 37.3 Å². The van der Waals surface area contributed by atoms with Crippen LogP contribution in [-0.4, -0.2) is 72.8 Å². The van der Waals surface area contributed by atoms with Gasteiger partial charge in [0.05, 0.1) is 18.8 Å². The van der Waals surface area contributed by atoms with Crippen LogP contribution in [0.3, 0.4) is 0 Å². The predicted molar refractivity (Wildman–Crippen MR) is 109 cm³/mol. The summed E-state index contributed by atoms with van der Waals surface area (Å²) in [6.45, 7) is 19.9. The lowest BCUT2D eigenvalue weighted by molar-refractivity contribution is 0.0220. The molecule has 0 aromatic rings. The molecule has 0 saturated carbocycles. The Morgan fingerprint density at radius 3 is 2.56 bits per heavy atom. The van der Waals surface area contributed by atoms with Crippen LogP contribution in [0.1, 0.15) is 34.6 Å². The molecule has 1 aliphatic rings. The molecule has 0 aliphatic carbocycles. The van der Waals surface area contributed by atoms with Crippen molar-refractivity contribution in [3.8, 4) is 0 Å². The molecule has 144 valence electrons. The van der Waals surface area contributed by atoms with E-state index >= 15 is 0 Å². The lowest BCUT2D eigenvalue weighted by Gasteiger charge is -2.40. The first-order valence-corrected chi connectivity index (χ1v) is 9.96. The summed E-state index contributed by atoms with van der Waals surface area (Å²) in [5.41, 5.74) is 4.35. The van der Waals surface area contributed by atoms with Gasteiger partial charge in [-0.1, -0.05) is 18.3 Å². The second-order valence-electron chi connectivity index (χ2n) is 6.18. The van der Waals surface area contributed by atoms with Crippen molar-refractivity contribution in [2.75, 3.05) is 46.5 Å². The molecule has 0 bridgehead atoms. The summed E-state index contributed by atoms with van der Waals surface area (Å²) in [6.07, 6.45) is 1.91. The second-order valence-corrected chi connectivity index (χ2v) is 7.40. The Bertz CT molecular complexity index is 475. The number of ether oxygens (including phenoxy) is 2. The lowest BCUT2D eigenvalue weighted by Crippen LogP contribution is -2.46. The van der Waals surface area contributed by atoms with Gasteiger partial charge in [0.25, 0.3) is 0 Å². The van der Waals surface area contributed by atoms with E-state index in [1.807, 2.05) is 18.7 Å². The molecule has 0 aromatic carbocycles. The van der Waals surface area contributed by atoms with E-state index in [1.165, 1.54) is 11.3 Å². The zero-order valence-electron chi connectivity index (χ0n) is 16.7. The summed E-state index contributed by atoms with van der Waals surface area (Å²) < 4.78 is 11.4. The van der Waals surface area contributed by atoms with Crippen molar-refractivity contribution in [3.05, 3.63) is 24.0 Å². The third-order valence-corrected chi connectivity index (χ3v) is 6.03. The first-order valence-electron chi connectivity index (χ1n) is 9.08. The highest BCUT2D eigenvalue weighted by Crippen LogP contribution is 2.36. The van der Waals surface area contributed by atoms with E-state index < -0.39 is 4.93 Å². The molecule has 2 unspecified atom stereocenters. The number of thioether (sulfide) groups is 1. The van der Waals surface area contributed by atoms with Gasteiger partial charge in [0.15, 0.2) is 0 Å². The number of hydrogen-bond donors (Lipinski definition) is 0. The number of hydrogen-bond acceptors (Lipinski definition) is 6. The maximum atomic E-state index is 5.91.